The van der Waals surface area contributed by atoms with Crippen molar-refractivity contribution in [3.63, 3.8) is 0 Å². The molecule has 6 nitrogen and oxygen atoms in total. The Morgan fingerprint density at radius 2 is 2.25 bits per heavy atom. The molecule has 0 bridgehead atoms. The molecule has 2 aromatic heterocycles. The van der Waals surface area contributed by atoms with Gasteiger partial charge in [-0.2, -0.15) is 4.31 Å². The number of nitrogens with zero attached hydrogens (tertiary/aromatic N) is 3. The average Bonchev–Trinajstić information content (AvgIpc) is 3.03. The molecule has 20 heavy (non-hydrogen) atoms. The van der Waals surface area contributed by atoms with Crippen LogP contribution in [0.15, 0.2) is 32.4 Å². The molecule has 3 heterocycles. The van der Waals surface area contributed by atoms with E-state index in [1.807, 2.05) is 10.8 Å². The van der Waals surface area contributed by atoms with Gasteiger partial charge in [0.15, 0.2) is 4.67 Å². The van der Waals surface area contributed by atoms with Gasteiger partial charge in [-0.3, -0.25) is 0 Å². The average molecular weight is 381 g/mol. The SMILES string of the molecule is O=S(=O)(c1cc(CCl)oc1Br)N1CCn2ccnc2C1. The number of halogens is 2. The lowest BCUT2D eigenvalue weighted by molar-refractivity contribution is 0.334. The summed E-state index contributed by atoms with van der Waals surface area (Å²) in [5.41, 5.74) is 0. The minimum atomic E-state index is -3.62. The maximum atomic E-state index is 12.6. The molecule has 0 atom stereocenters. The van der Waals surface area contributed by atoms with Gasteiger partial charge in [0.2, 0.25) is 10.0 Å². The molecule has 108 valence electrons. The third-order valence-corrected chi connectivity index (χ3v) is 6.13. The predicted molar refractivity (Wildman–Crippen MR) is 75.8 cm³/mol. The summed E-state index contributed by atoms with van der Waals surface area (Å²) in [4.78, 5) is 4.26. The van der Waals surface area contributed by atoms with Crippen LogP contribution in [0.1, 0.15) is 11.6 Å². The highest BCUT2D eigenvalue weighted by atomic mass is 79.9. The van der Waals surface area contributed by atoms with Crippen molar-refractivity contribution in [1.82, 2.24) is 13.9 Å². The molecule has 0 saturated carbocycles. The lowest BCUT2D eigenvalue weighted by Crippen LogP contribution is -2.38. The number of alkyl halides is 1. The summed E-state index contributed by atoms with van der Waals surface area (Å²) >= 11 is 8.80. The van der Waals surface area contributed by atoms with E-state index in [9.17, 15) is 8.42 Å². The number of sulfonamides is 1. The molecule has 0 aromatic carbocycles. The Bertz CT molecular complexity index is 740. The van der Waals surface area contributed by atoms with Crippen LogP contribution in [0, 0.1) is 0 Å². The van der Waals surface area contributed by atoms with Crippen LogP contribution in [0.2, 0.25) is 0 Å². The van der Waals surface area contributed by atoms with Crippen LogP contribution in [-0.4, -0.2) is 28.8 Å². The Morgan fingerprint density at radius 1 is 1.45 bits per heavy atom. The molecular formula is C11H11BrClN3O3S. The quantitative estimate of drug-likeness (QED) is 0.765. The van der Waals surface area contributed by atoms with Crippen molar-refractivity contribution in [2.75, 3.05) is 6.54 Å². The summed E-state index contributed by atoms with van der Waals surface area (Å²) < 4.78 is 34.0. The van der Waals surface area contributed by atoms with E-state index in [2.05, 4.69) is 20.9 Å². The predicted octanol–water partition coefficient (Wildman–Crippen LogP) is 2.18. The van der Waals surface area contributed by atoms with Gasteiger partial charge >= 0.3 is 0 Å². The van der Waals surface area contributed by atoms with E-state index in [0.717, 1.165) is 5.82 Å². The summed E-state index contributed by atoms with van der Waals surface area (Å²) in [6, 6.07) is 1.45. The summed E-state index contributed by atoms with van der Waals surface area (Å²) in [7, 11) is -3.62. The summed E-state index contributed by atoms with van der Waals surface area (Å²) in [5.74, 6) is 1.27. The van der Waals surface area contributed by atoms with Gasteiger partial charge in [-0.25, -0.2) is 13.4 Å². The third-order valence-electron chi connectivity index (χ3n) is 3.17. The fourth-order valence-corrected chi connectivity index (χ4v) is 4.61. The van der Waals surface area contributed by atoms with Gasteiger partial charge in [0, 0.05) is 31.5 Å². The van der Waals surface area contributed by atoms with Crippen molar-refractivity contribution in [1.29, 1.82) is 0 Å². The largest absolute Gasteiger partial charge is 0.452 e. The van der Waals surface area contributed by atoms with Crippen LogP contribution in [0.4, 0.5) is 0 Å². The second-order valence-corrected chi connectivity index (χ2v) is 7.25. The molecular weight excluding hydrogens is 370 g/mol. The number of imidazole rings is 1. The topological polar surface area (TPSA) is 68.3 Å². The first-order valence-electron chi connectivity index (χ1n) is 5.86. The highest BCUT2D eigenvalue weighted by Gasteiger charge is 2.32. The van der Waals surface area contributed by atoms with E-state index >= 15 is 0 Å². The lowest BCUT2D eigenvalue weighted by Gasteiger charge is -2.26. The highest BCUT2D eigenvalue weighted by Crippen LogP contribution is 2.30. The third kappa shape index (κ3) is 2.30. The van der Waals surface area contributed by atoms with Gasteiger partial charge in [-0.15, -0.1) is 11.6 Å². The number of hydrogen-bond acceptors (Lipinski definition) is 4. The molecule has 0 spiro atoms. The minimum absolute atomic E-state index is 0.105. The monoisotopic (exact) mass is 379 g/mol. The van der Waals surface area contributed by atoms with Crippen molar-refractivity contribution in [3.05, 3.63) is 34.7 Å². The van der Waals surface area contributed by atoms with E-state index in [-0.39, 0.29) is 22.0 Å². The molecule has 1 aliphatic heterocycles. The molecule has 0 N–H and O–H groups in total. The van der Waals surface area contributed by atoms with Crippen molar-refractivity contribution < 1.29 is 12.8 Å². The van der Waals surface area contributed by atoms with Crippen LogP contribution >= 0.6 is 27.5 Å². The van der Waals surface area contributed by atoms with Gasteiger partial charge in [0.05, 0.1) is 12.4 Å². The van der Waals surface area contributed by atoms with Crippen molar-refractivity contribution in [2.24, 2.45) is 0 Å². The first kappa shape index (κ1) is 14.1. The van der Waals surface area contributed by atoms with Crippen molar-refractivity contribution in [3.8, 4) is 0 Å². The highest BCUT2D eigenvalue weighted by molar-refractivity contribution is 9.10. The number of aromatic nitrogens is 2. The van der Waals surface area contributed by atoms with Gasteiger partial charge in [-0.05, 0) is 15.9 Å². The number of rotatable bonds is 3. The van der Waals surface area contributed by atoms with Gasteiger partial charge in [0.1, 0.15) is 16.5 Å². The molecule has 9 heteroatoms. The lowest BCUT2D eigenvalue weighted by atomic mass is 10.4. The zero-order valence-electron chi connectivity index (χ0n) is 10.3. The standard InChI is InChI=1S/C11H11BrClN3O3S/c12-11-9(5-8(6-13)19-11)20(17,18)16-4-3-15-2-1-14-10(15)7-16/h1-2,5H,3-4,6-7H2. The molecule has 0 unspecified atom stereocenters. The zero-order valence-corrected chi connectivity index (χ0v) is 13.4. The number of furan rings is 1. The van der Waals surface area contributed by atoms with Crippen LogP contribution < -0.4 is 0 Å². The molecule has 1 aliphatic rings. The zero-order chi connectivity index (χ0) is 14.3. The Morgan fingerprint density at radius 3 is 2.95 bits per heavy atom. The van der Waals surface area contributed by atoms with Gasteiger partial charge < -0.3 is 8.98 Å². The molecule has 0 amide bonds. The summed E-state index contributed by atoms with van der Waals surface area (Å²) in [6.07, 6.45) is 3.52. The fraction of sp³-hybridized carbons (Fsp3) is 0.364. The van der Waals surface area contributed by atoms with Gasteiger partial charge in [-0.1, -0.05) is 0 Å². The van der Waals surface area contributed by atoms with Crippen LogP contribution in [-0.2, 0) is 29.0 Å². The molecule has 0 aliphatic carbocycles. The minimum Gasteiger partial charge on any atom is -0.452 e. The second-order valence-electron chi connectivity index (χ2n) is 4.36. The number of fused-ring (bicyclic) bond motifs is 1. The first-order valence-corrected chi connectivity index (χ1v) is 8.63. The Hall–Kier alpha value is -0.830. The van der Waals surface area contributed by atoms with Crippen LogP contribution in [0.3, 0.4) is 0 Å². The van der Waals surface area contributed by atoms with Crippen molar-refractivity contribution in [2.45, 2.75) is 23.9 Å². The van der Waals surface area contributed by atoms with E-state index in [0.29, 0.717) is 18.8 Å². The van der Waals surface area contributed by atoms with E-state index < -0.39 is 10.0 Å². The molecule has 0 saturated heterocycles. The van der Waals surface area contributed by atoms with Crippen molar-refractivity contribution >= 4 is 37.6 Å². The van der Waals surface area contributed by atoms with Gasteiger partial charge in [0.25, 0.3) is 0 Å². The Labute approximate surface area is 129 Å². The second kappa shape index (κ2) is 5.18. The van der Waals surface area contributed by atoms with Crippen LogP contribution in [0.25, 0.3) is 0 Å². The Kier molecular flexibility index (Phi) is 3.65. The first-order chi connectivity index (χ1) is 9.52. The molecule has 3 rings (SSSR count). The smallest absolute Gasteiger partial charge is 0.247 e. The molecule has 2 aromatic rings. The maximum absolute atomic E-state index is 12.6. The summed E-state index contributed by atoms with van der Waals surface area (Å²) in [5, 5.41) is 0. The number of hydrogen-bond donors (Lipinski definition) is 0. The normalized spacial score (nSPS) is 16.3. The van der Waals surface area contributed by atoms with Crippen LogP contribution in [0.5, 0.6) is 0 Å². The summed E-state index contributed by atoms with van der Waals surface area (Å²) in [6.45, 7) is 1.25. The van der Waals surface area contributed by atoms with E-state index in [1.165, 1.54) is 10.4 Å². The fourth-order valence-electron chi connectivity index (χ4n) is 2.14. The maximum Gasteiger partial charge on any atom is 0.247 e. The van der Waals surface area contributed by atoms with E-state index in [1.54, 1.807) is 6.20 Å². The molecule has 0 fully saturated rings. The molecule has 0 radical (unpaired) electrons. The Balaban J connectivity index is 1.95. The van der Waals surface area contributed by atoms with E-state index in [4.69, 9.17) is 16.0 Å².